The number of carboxylic acids is 1. The molecule has 0 fully saturated rings. The van der Waals surface area contributed by atoms with Gasteiger partial charge in [0.25, 0.3) is 0 Å². The third-order valence-corrected chi connectivity index (χ3v) is 3.70. The quantitative estimate of drug-likeness (QED) is 0.758. The van der Waals surface area contributed by atoms with Gasteiger partial charge in [0.1, 0.15) is 0 Å². The number of halogens is 2. The molecule has 0 bridgehead atoms. The Morgan fingerprint density at radius 1 is 1.04 bits per heavy atom. The molecule has 0 aliphatic rings. The zero-order valence-corrected chi connectivity index (χ0v) is 12.5. The van der Waals surface area contributed by atoms with Crippen molar-refractivity contribution in [3.63, 3.8) is 0 Å². The molecule has 1 aromatic heterocycles. The molecular weight excluding hydrogens is 300 g/mol. The molecule has 0 saturated carbocycles. The monoisotopic (exact) mass is 313 g/mol. The molecular formula is C18H13F2NO2. The zero-order valence-electron chi connectivity index (χ0n) is 12.5. The number of hydrogen-bond acceptors (Lipinski definition) is 2. The lowest BCUT2D eigenvalue weighted by molar-refractivity contribution is 0.0699. The van der Waals surface area contributed by atoms with E-state index in [9.17, 15) is 18.7 Å². The summed E-state index contributed by atoms with van der Waals surface area (Å²) < 4.78 is 26.5. The largest absolute Gasteiger partial charge is 0.478 e. The lowest BCUT2D eigenvalue weighted by atomic mass is 9.99. The Hall–Kier alpha value is -2.82. The van der Waals surface area contributed by atoms with Gasteiger partial charge in [0.15, 0.2) is 11.6 Å². The van der Waals surface area contributed by atoms with E-state index in [4.69, 9.17) is 0 Å². The van der Waals surface area contributed by atoms with Crippen molar-refractivity contribution in [2.75, 3.05) is 0 Å². The molecule has 0 aliphatic heterocycles. The van der Waals surface area contributed by atoms with Crippen LogP contribution in [0.2, 0.25) is 0 Å². The predicted octanol–water partition coefficient (Wildman–Crippen LogP) is 4.50. The third-order valence-electron chi connectivity index (χ3n) is 3.70. The third kappa shape index (κ3) is 2.65. The highest BCUT2D eigenvalue weighted by Gasteiger charge is 2.16. The van der Waals surface area contributed by atoms with Crippen LogP contribution in [0.4, 0.5) is 8.78 Å². The van der Waals surface area contributed by atoms with Crippen LogP contribution in [0.25, 0.3) is 22.2 Å². The van der Waals surface area contributed by atoms with Gasteiger partial charge < -0.3 is 5.11 Å². The first-order valence-electron chi connectivity index (χ1n) is 6.97. The Bertz CT molecular complexity index is 951. The fraction of sp³-hybridized carbons (Fsp3) is 0.111. The van der Waals surface area contributed by atoms with E-state index in [-0.39, 0.29) is 5.56 Å². The summed E-state index contributed by atoms with van der Waals surface area (Å²) in [5.74, 6) is -3.05. The maximum absolute atomic E-state index is 13.4. The van der Waals surface area contributed by atoms with Crippen molar-refractivity contribution in [2.24, 2.45) is 0 Å². The number of nitrogens with zero attached hydrogens (tertiary/aromatic N) is 1. The first-order valence-corrected chi connectivity index (χ1v) is 6.97. The number of carboxylic acid groups (broad SMARTS) is 1. The van der Waals surface area contributed by atoms with Crippen LogP contribution < -0.4 is 0 Å². The van der Waals surface area contributed by atoms with E-state index in [1.165, 1.54) is 12.1 Å². The second-order valence-electron chi connectivity index (χ2n) is 5.47. The topological polar surface area (TPSA) is 50.2 Å². The number of aromatic carboxylic acids is 1. The summed E-state index contributed by atoms with van der Waals surface area (Å²) in [4.78, 5) is 16.0. The Labute approximate surface area is 131 Å². The molecule has 116 valence electrons. The van der Waals surface area contributed by atoms with Gasteiger partial charge >= 0.3 is 5.97 Å². The van der Waals surface area contributed by atoms with E-state index < -0.39 is 17.6 Å². The van der Waals surface area contributed by atoms with Crippen LogP contribution in [-0.2, 0) is 0 Å². The second kappa shape index (κ2) is 5.43. The van der Waals surface area contributed by atoms with E-state index in [2.05, 4.69) is 4.98 Å². The van der Waals surface area contributed by atoms with Crippen LogP contribution >= 0.6 is 0 Å². The van der Waals surface area contributed by atoms with Crippen molar-refractivity contribution < 1.29 is 18.7 Å². The maximum atomic E-state index is 13.4. The first kappa shape index (κ1) is 15.1. The molecule has 0 spiro atoms. The van der Waals surface area contributed by atoms with Gasteiger partial charge in [0, 0.05) is 10.9 Å². The molecule has 0 aliphatic carbocycles. The van der Waals surface area contributed by atoms with Gasteiger partial charge in [0.2, 0.25) is 0 Å². The number of fused-ring (bicyclic) bond motifs is 1. The van der Waals surface area contributed by atoms with Gasteiger partial charge in [-0.2, -0.15) is 0 Å². The number of hydrogen-bond donors (Lipinski definition) is 1. The van der Waals surface area contributed by atoms with E-state index >= 15 is 0 Å². The van der Waals surface area contributed by atoms with E-state index in [0.717, 1.165) is 23.3 Å². The van der Waals surface area contributed by atoms with Crippen LogP contribution in [0.3, 0.4) is 0 Å². The average molecular weight is 313 g/mol. The highest BCUT2D eigenvalue weighted by atomic mass is 19.2. The summed E-state index contributed by atoms with van der Waals surface area (Å²) in [7, 11) is 0. The number of aromatic nitrogens is 1. The Morgan fingerprint density at radius 2 is 1.78 bits per heavy atom. The Balaban J connectivity index is 2.34. The molecule has 5 heteroatoms. The zero-order chi connectivity index (χ0) is 16.7. The molecule has 0 unspecified atom stereocenters. The van der Waals surface area contributed by atoms with E-state index in [0.29, 0.717) is 22.2 Å². The summed E-state index contributed by atoms with van der Waals surface area (Å²) in [6.45, 7) is 3.71. The average Bonchev–Trinajstić information content (AvgIpc) is 2.48. The first-order chi connectivity index (χ1) is 10.9. The van der Waals surface area contributed by atoms with Crippen molar-refractivity contribution in [1.29, 1.82) is 0 Å². The molecule has 2 aromatic carbocycles. The summed E-state index contributed by atoms with van der Waals surface area (Å²) in [5, 5.41) is 10.0. The minimum Gasteiger partial charge on any atom is -0.478 e. The van der Waals surface area contributed by atoms with Crippen molar-refractivity contribution in [3.05, 3.63) is 64.7 Å². The normalized spacial score (nSPS) is 11.0. The molecule has 3 rings (SSSR count). The van der Waals surface area contributed by atoms with Gasteiger partial charge in [-0.1, -0.05) is 6.07 Å². The standard InChI is InChI=1S/C18H13F2NO2/c1-9-5-10(2)17-12(18(22)23)8-15(21-16(17)6-9)11-3-4-13(19)14(20)7-11/h3-8H,1-2H3,(H,22,23). The summed E-state index contributed by atoms with van der Waals surface area (Å²) >= 11 is 0. The van der Waals surface area contributed by atoms with Crippen LogP contribution in [-0.4, -0.2) is 16.1 Å². The second-order valence-corrected chi connectivity index (χ2v) is 5.47. The van der Waals surface area contributed by atoms with Crippen molar-refractivity contribution in [3.8, 4) is 11.3 Å². The number of benzene rings is 2. The van der Waals surface area contributed by atoms with Gasteiger partial charge in [0.05, 0.1) is 16.8 Å². The lowest BCUT2D eigenvalue weighted by Crippen LogP contribution is -2.02. The molecule has 1 heterocycles. The Kier molecular flexibility index (Phi) is 3.56. The smallest absolute Gasteiger partial charge is 0.336 e. The number of carbonyl (C=O) groups is 1. The van der Waals surface area contributed by atoms with Gasteiger partial charge in [-0.05, 0) is 55.3 Å². The molecule has 0 radical (unpaired) electrons. The summed E-state index contributed by atoms with van der Waals surface area (Å²) in [5.41, 5.74) is 2.98. The van der Waals surface area contributed by atoms with Crippen LogP contribution in [0, 0.1) is 25.5 Å². The minimum absolute atomic E-state index is 0.0900. The fourth-order valence-electron chi connectivity index (χ4n) is 2.73. The minimum atomic E-state index is -1.09. The van der Waals surface area contributed by atoms with Gasteiger partial charge in [-0.25, -0.2) is 18.6 Å². The van der Waals surface area contributed by atoms with E-state index in [1.807, 2.05) is 19.9 Å². The van der Waals surface area contributed by atoms with Gasteiger partial charge in [-0.15, -0.1) is 0 Å². The Morgan fingerprint density at radius 3 is 2.43 bits per heavy atom. The van der Waals surface area contributed by atoms with Crippen molar-refractivity contribution in [1.82, 2.24) is 4.98 Å². The number of aryl methyl sites for hydroxylation is 2. The number of rotatable bonds is 2. The maximum Gasteiger partial charge on any atom is 0.336 e. The fourth-order valence-corrected chi connectivity index (χ4v) is 2.73. The van der Waals surface area contributed by atoms with Crippen LogP contribution in [0.15, 0.2) is 36.4 Å². The molecule has 0 atom stereocenters. The van der Waals surface area contributed by atoms with Crippen LogP contribution in [0.5, 0.6) is 0 Å². The van der Waals surface area contributed by atoms with Crippen molar-refractivity contribution in [2.45, 2.75) is 13.8 Å². The highest BCUT2D eigenvalue weighted by molar-refractivity contribution is 6.05. The highest BCUT2D eigenvalue weighted by Crippen LogP contribution is 2.28. The molecule has 0 saturated heterocycles. The molecule has 23 heavy (non-hydrogen) atoms. The van der Waals surface area contributed by atoms with E-state index in [1.54, 1.807) is 6.07 Å². The predicted molar refractivity (Wildman–Crippen MR) is 83.5 cm³/mol. The summed E-state index contributed by atoms with van der Waals surface area (Å²) in [6, 6.07) is 8.43. The molecule has 1 N–H and O–H groups in total. The molecule has 3 aromatic rings. The van der Waals surface area contributed by atoms with Crippen molar-refractivity contribution >= 4 is 16.9 Å². The molecule has 0 amide bonds. The summed E-state index contributed by atoms with van der Waals surface area (Å²) in [6.07, 6.45) is 0. The molecule has 3 nitrogen and oxygen atoms in total. The van der Waals surface area contributed by atoms with Gasteiger partial charge in [-0.3, -0.25) is 0 Å². The number of pyridine rings is 1. The van der Waals surface area contributed by atoms with Crippen LogP contribution in [0.1, 0.15) is 21.5 Å². The lowest BCUT2D eigenvalue weighted by Gasteiger charge is -2.10. The SMILES string of the molecule is Cc1cc(C)c2c(C(=O)O)cc(-c3ccc(F)c(F)c3)nc2c1.